The van der Waals surface area contributed by atoms with E-state index in [1.165, 1.54) is 0 Å². The first-order chi connectivity index (χ1) is 10.2. The van der Waals surface area contributed by atoms with Gasteiger partial charge >= 0.3 is 0 Å². The lowest BCUT2D eigenvalue weighted by Crippen LogP contribution is -2.41. The maximum atomic E-state index is 12.9. The second-order valence-corrected chi connectivity index (χ2v) is 5.22. The first kappa shape index (κ1) is 15.5. The Hall–Kier alpha value is -1.87. The summed E-state index contributed by atoms with van der Waals surface area (Å²) in [6.07, 6.45) is 1.79. The second kappa shape index (κ2) is 7.23. The molecule has 112 valence electrons. The average Bonchev–Trinajstić information content (AvgIpc) is 2.54. The Morgan fingerprint density at radius 2 is 1.76 bits per heavy atom. The molecule has 2 aromatic rings. The van der Waals surface area contributed by atoms with E-state index in [1.54, 1.807) is 0 Å². The number of carbonyl (C=O) groups is 1. The molecule has 0 spiro atoms. The van der Waals surface area contributed by atoms with Gasteiger partial charge in [-0.3, -0.25) is 4.79 Å². The molecular formula is C18H23NO2. The highest BCUT2D eigenvalue weighted by Gasteiger charge is 2.23. The number of aliphatic hydroxyl groups excluding tert-OH is 1. The number of hydrogen-bond donors (Lipinski definition) is 1. The summed E-state index contributed by atoms with van der Waals surface area (Å²) in [5, 5.41) is 11.3. The fraction of sp³-hybridized carbons (Fsp3) is 0.389. The number of aliphatic hydroxyl groups is 1. The van der Waals surface area contributed by atoms with Crippen LogP contribution in [0.3, 0.4) is 0 Å². The lowest BCUT2D eigenvalue weighted by atomic mass is 10.0. The smallest absolute Gasteiger partial charge is 0.254 e. The number of hydrogen-bond acceptors (Lipinski definition) is 2. The number of fused-ring (bicyclic) bond motifs is 1. The van der Waals surface area contributed by atoms with Crippen LogP contribution < -0.4 is 0 Å². The van der Waals surface area contributed by atoms with E-state index >= 15 is 0 Å². The van der Waals surface area contributed by atoms with Gasteiger partial charge in [0, 0.05) is 18.2 Å². The van der Waals surface area contributed by atoms with E-state index in [4.69, 9.17) is 0 Å². The van der Waals surface area contributed by atoms with Crippen molar-refractivity contribution in [1.29, 1.82) is 0 Å². The van der Waals surface area contributed by atoms with E-state index in [0.717, 1.165) is 23.6 Å². The third-order valence-corrected chi connectivity index (χ3v) is 4.01. The third-order valence-electron chi connectivity index (χ3n) is 4.01. The molecule has 3 nitrogen and oxygen atoms in total. The van der Waals surface area contributed by atoms with Crippen LogP contribution in [0.4, 0.5) is 0 Å². The molecular weight excluding hydrogens is 262 g/mol. The molecule has 2 aromatic carbocycles. The second-order valence-electron chi connectivity index (χ2n) is 5.22. The summed E-state index contributed by atoms with van der Waals surface area (Å²) in [6.45, 7) is 4.53. The Labute approximate surface area is 126 Å². The van der Waals surface area contributed by atoms with Gasteiger partial charge in [-0.05, 0) is 29.7 Å². The molecule has 0 bridgehead atoms. The monoisotopic (exact) mass is 285 g/mol. The van der Waals surface area contributed by atoms with Crippen molar-refractivity contribution in [2.75, 3.05) is 13.2 Å². The zero-order valence-corrected chi connectivity index (χ0v) is 12.7. The summed E-state index contributed by atoms with van der Waals surface area (Å²) in [7, 11) is 0. The van der Waals surface area contributed by atoms with Gasteiger partial charge in [0.15, 0.2) is 0 Å². The van der Waals surface area contributed by atoms with Crippen LogP contribution in [0.1, 0.15) is 37.0 Å². The predicted molar refractivity (Wildman–Crippen MR) is 86.4 cm³/mol. The Kier molecular flexibility index (Phi) is 5.34. The summed E-state index contributed by atoms with van der Waals surface area (Å²) in [4.78, 5) is 14.7. The van der Waals surface area contributed by atoms with Gasteiger partial charge in [0.25, 0.3) is 5.91 Å². The standard InChI is InChI=1S/C18H23NO2/c1-3-15(4-2)19(12-13-20)18(21)17-11-7-9-14-8-5-6-10-16(14)17/h5-11,15,20H,3-4,12-13H2,1-2H3. The highest BCUT2D eigenvalue weighted by molar-refractivity contribution is 6.07. The third kappa shape index (κ3) is 3.24. The molecule has 0 saturated heterocycles. The van der Waals surface area contributed by atoms with E-state index in [2.05, 4.69) is 13.8 Å². The number of nitrogens with zero attached hydrogens (tertiary/aromatic N) is 1. The molecule has 0 radical (unpaired) electrons. The van der Waals surface area contributed by atoms with E-state index in [1.807, 2.05) is 47.4 Å². The predicted octanol–water partition coefficient (Wildman–Crippen LogP) is 3.46. The number of carbonyl (C=O) groups excluding carboxylic acids is 1. The SMILES string of the molecule is CCC(CC)N(CCO)C(=O)c1cccc2ccccc12. The van der Waals surface area contributed by atoms with Gasteiger partial charge in [-0.15, -0.1) is 0 Å². The minimum absolute atomic E-state index is 0.00694. The van der Waals surface area contributed by atoms with Gasteiger partial charge < -0.3 is 10.0 Å². The maximum absolute atomic E-state index is 12.9. The Morgan fingerprint density at radius 3 is 2.43 bits per heavy atom. The van der Waals surface area contributed by atoms with Crippen molar-refractivity contribution in [3.8, 4) is 0 Å². The van der Waals surface area contributed by atoms with Gasteiger partial charge in [0.2, 0.25) is 0 Å². The van der Waals surface area contributed by atoms with Crippen molar-refractivity contribution in [2.45, 2.75) is 32.7 Å². The molecule has 0 atom stereocenters. The minimum atomic E-state index is -0.00694. The summed E-state index contributed by atoms with van der Waals surface area (Å²) < 4.78 is 0. The first-order valence-corrected chi connectivity index (χ1v) is 7.62. The van der Waals surface area contributed by atoms with Gasteiger partial charge in [0.05, 0.1) is 6.61 Å². The molecule has 0 unspecified atom stereocenters. The van der Waals surface area contributed by atoms with Crippen LogP contribution >= 0.6 is 0 Å². The molecule has 2 rings (SSSR count). The molecule has 3 heteroatoms. The van der Waals surface area contributed by atoms with E-state index < -0.39 is 0 Å². The molecule has 1 N–H and O–H groups in total. The maximum Gasteiger partial charge on any atom is 0.254 e. The molecule has 0 aromatic heterocycles. The fourth-order valence-corrected chi connectivity index (χ4v) is 2.85. The van der Waals surface area contributed by atoms with Crippen LogP contribution in [-0.2, 0) is 0 Å². The molecule has 21 heavy (non-hydrogen) atoms. The van der Waals surface area contributed by atoms with Crippen LogP contribution in [0.25, 0.3) is 10.8 Å². The molecule has 1 amide bonds. The van der Waals surface area contributed by atoms with Crippen LogP contribution in [0.15, 0.2) is 42.5 Å². The van der Waals surface area contributed by atoms with Crippen molar-refractivity contribution >= 4 is 16.7 Å². The van der Waals surface area contributed by atoms with Crippen molar-refractivity contribution in [3.05, 3.63) is 48.0 Å². The molecule has 0 saturated carbocycles. The lowest BCUT2D eigenvalue weighted by molar-refractivity contribution is 0.0624. The number of amides is 1. The van der Waals surface area contributed by atoms with Gasteiger partial charge in [-0.2, -0.15) is 0 Å². The van der Waals surface area contributed by atoms with Crippen LogP contribution in [0.5, 0.6) is 0 Å². The average molecular weight is 285 g/mol. The topological polar surface area (TPSA) is 40.5 Å². The normalized spacial score (nSPS) is 11.0. The van der Waals surface area contributed by atoms with Crippen LogP contribution in [-0.4, -0.2) is 35.1 Å². The van der Waals surface area contributed by atoms with Crippen LogP contribution in [0.2, 0.25) is 0 Å². The van der Waals surface area contributed by atoms with E-state index in [9.17, 15) is 9.90 Å². The highest BCUT2D eigenvalue weighted by Crippen LogP contribution is 2.22. The largest absolute Gasteiger partial charge is 0.395 e. The van der Waals surface area contributed by atoms with Crippen molar-refractivity contribution in [3.63, 3.8) is 0 Å². The van der Waals surface area contributed by atoms with Gasteiger partial charge in [0.1, 0.15) is 0 Å². The van der Waals surface area contributed by atoms with E-state index in [-0.39, 0.29) is 18.6 Å². The molecule has 0 aliphatic heterocycles. The Morgan fingerprint density at radius 1 is 1.10 bits per heavy atom. The van der Waals surface area contributed by atoms with E-state index in [0.29, 0.717) is 12.1 Å². The van der Waals surface area contributed by atoms with Gasteiger partial charge in [-0.1, -0.05) is 50.2 Å². The Bertz CT molecular complexity index is 600. The minimum Gasteiger partial charge on any atom is -0.395 e. The van der Waals surface area contributed by atoms with Crippen molar-refractivity contribution in [1.82, 2.24) is 4.90 Å². The first-order valence-electron chi connectivity index (χ1n) is 7.62. The quantitative estimate of drug-likeness (QED) is 0.883. The summed E-state index contributed by atoms with van der Waals surface area (Å²) in [5.74, 6) is 0.00884. The fourth-order valence-electron chi connectivity index (χ4n) is 2.85. The summed E-state index contributed by atoms with van der Waals surface area (Å²) in [5.41, 5.74) is 0.716. The highest BCUT2D eigenvalue weighted by atomic mass is 16.3. The van der Waals surface area contributed by atoms with Crippen molar-refractivity contribution < 1.29 is 9.90 Å². The zero-order chi connectivity index (χ0) is 15.2. The number of benzene rings is 2. The van der Waals surface area contributed by atoms with Gasteiger partial charge in [-0.25, -0.2) is 0 Å². The number of rotatable bonds is 6. The zero-order valence-electron chi connectivity index (χ0n) is 12.7. The molecule has 0 aliphatic rings. The van der Waals surface area contributed by atoms with Crippen molar-refractivity contribution in [2.24, 2.45) is 0 Å². The molecule has 0 aliphatic carbocycles. The molecule has 0 fully saturated rings. The summed E-state index contributed by atoms with van der Waals surface area (Å²) in [6, 6.07) is 13.9. The molecule has 0 heterocycles. The summed E-state index contributed by atoms with van der Waals surface area (Å²) >= 11 is 0. The lowest BCUT2D eigenvalue weighted by Gasteiger charge is -2.30. The van der Waals surface area contributed by atoms with Crippen LogP contribution in [0, 0.1) is 0 Å². The Balaban J connectivity index is 2.43.